The number of hydrogen-bond acceptors (Lipinski definition) is 3. The molecule has 0 atom stereocenters. The Kier molecular flexibility index (Phi) is 2.72. The number of hydrogen-bond donors (Lipinski definition) is 2. The largest absolute Gasteiger partial charge is 0.397 e. The molecule has 0 saturated heterocycles. The number of rotatable bonds is 2. The number of anilines is 3. The molecule has 2 rings (SSSR count). The van der Waals surface area contributed by atoms with Gasteiger partial charge in [-0.25, -0.2) is 4.39 Å². The topological polar surface area (TPSA) is 50.9 Å². The molecular weight excluding hydrogens is 205 g/mol. The van der Waals surface area contributed by atoms with Gasteiger partial charge >= 0.3 is 0 Å². The molecule has 0 saturated carbocycles. The van der Waals surface area contributed by atoms with E-state index in [2.05, 4.69) is 10.3 Å². The Bertz CT molecular complexity index is 511. The van der Waals surface area contributed by atoms with E-state index in [0.29, 0.717) is 5.69 Å². The van der Waals surface area contributed by atoms with Crippen molar-refractivity contribution in [1.29, 1.82) is 0 Å². The Hall–Kier alpha value is -2.10. The van der Waals surface area contributed by atoms with E-state index in [9.17, 15) is 4.39 Å². The average molecular weight is 217 g/mol. The van der Waals surface area contributed by atoms with E-state index >= 15 is 0 Å². The average Bonchev–Trinajstić information content (AvgIpc) is 2.22. The van der Waals surface area contributed by atoms with Gasteiger partial charge in [0.05, 0.1) is 17.6 Å². The third-order valence-corrected chi connectivity index (χ3v) is 2.23. The van der Waals surface area contributed by atoms with Crippen LogP contribution in [0.15, 0.2) is 36.7 Å². The fourth-order valence-corrected chi connectivity index (χ4v) is 1.45. The minimum absolute atomic E-state index is 0.242. The van der Waals surface area contributed by atoms with Crippen LogP contribution < -0.4 is 11.1 Å². The van der Waals surface area contributed by atoms with Crippen molar-refractivity contribution in [3.05, 3.63) is 48.0 Å². The highest BCUT2D eigenvalue weighted by Gasteiger charge is 2.00. The maximum absolute atomic E-state index is 12.9. The molecule has 1 heterocycles. The number of nitrogens with zero attached hydrogens (tertiary/aromatic N) is 1. The first-order chi connectivity index (χ1) is 7.65. The van der Waals surface area contributed by atoms with Crippen molar-refractivity contribution in [2.45, 2.75) is 6.92 Å². The van der Waals surface area contributed by atoms with E-state index in [0.717, 1.165) is 16.9 Å². The zero-order valence-corrected chi connectivity index (χ0v) is 8.87. The number of nitrogens with two attached hydrogens (primary N) is 1. The summed E-state index contributed by atoms with van der Waals surface area (Å²) in [4.78, 5) is 3.97. The Labute approximate surface area is 93.1 Å². The first kappa shape index (κ1) is 10.4. The fourth-order valence-electron chi connectivity index (χ4n) is 1.45. The summed E-state index contributed by atoms with van der Waals surface area (Å²) < 4.78 is 12.9. The van der Waals surface area contributed by atoms with Crippen molar-refractivity contribution in [3.8, 4) is 0 Å². The molecule has 0 aliphatic carbocycles. The van der Waals surface area contributed by atoms with E-state index in [1.165, 1.54) is 12.1 Å². The van der Waals surface area contributed by atoms with E-state index in [-0.39, 0.29) is 5.82 Å². The maximum atomic E-state index is 12.9. The number of aryl methyl sites for hydroxylation is 1. The van der Waals surface area contributed by atoms with Gasteiger partial charge in [-0.15, -0.1) is 0 Å². The van der Waals surface area contributed by atoms with Crippen molar-refractivity contribution < 1.29 is 4.39 Å². The van der Waals surface area contributed by atoms with Crippen LogP contribution >= 0.6 is 0 Å². The lowest BCUT2D eigenvalue weighted by molar-refractivity contribution is 0.627. The molecule has 1 aromatic carbocycles. The van der Waals surface area contributed by atoms with Gasteiger partial charge < -0.3 is 11.1 Å². The molecule has 0 bridgehead atoms. The molecule has 2 aromatic rings. The number of aromatic nitrogens is 1. The number of pyridine rings is 1. The van der Waals surface area contributed by atoms with Crippen LogP contribution in [0.5, 0.6) is 0 Å². The highest BCUT2D eigenvalue weighted by molar-refractivity contribution is 5.64. The van der Waals surface area contributed by atoms with Gasteiger partial charge in [0.1, 0.15) is 5.82 Å². The third kappa shape index (κ3) is 2.28. The van der Waals surface area contributed by atoms with Gasteiger partial charge in [0.15, 0.2) is 0 Å². The predicted octanol–water partition coefficient (Wildman–Crippen LogP) is 2.85. The minimum Gasteiger partial charge on any atom is -0.397 e. The first-order valence-electron chi connectivity index (χ1n) is 4.89. The third-order valence-electron chi connectivity index (χ3n) is 2.23. The SMILES string of the molecule is Cc1cc(F)ccc1Nc1cncc(N)c1. The summed E-state index contributed by atoms with van der Waals surface area (Å²) in [6, 6.07) is 6.35. The highest BCUT2D eigenvalue weighted by atomic mass is 19.1. The Morgan fingerprint density at radius 3 is 2.75 bits per heavy atom. The molecule has 3 N–H and O–H groups in total. The molecule has 0 amide bonds. The van der Waals surface area contributed by atoms with Crippen LogP contribution in [-0.2, 0) is 0 Å². The van der Waals surface area contributed by atoms with Crippen molar-refractivity contribution in [2.24, 2.45) is 0 Å². The van der Waals surface area contributed by atoms with Crippen LogP contribution in [0.3, 0.4) is 0 Å². The van der Waals surface area contributed by atoms with Gasteiger partial charge in [-0.05, 0) is 36.8 Å². The molecule has 4 heteroatoms. The number of nitrogen functional groups attached to an aromatic ring is 1. The quantitative estimate of drug-likeness (QED) is 0.813. The second-order valence-corrected chi connectivity index (χ2v) is 3.59. The van der Waals surface area contributed by atoms with Crippen LogP contribution in [0.2, 0.25) is 0 Å². The van der Waals surface area contributed by atoms with Crippen molar-refractivity contribution in [3.63, 3.8) is 0 Å². The lowest BCUT2D eigenvalue weighted by Gasteiger charge is -2.09. The van der Waals surface area contributed by atoms with Gasteiger partial charge in [-0.2, -0.15) is 0 Å². The summed E-state index contributed by atoms with van der Waals surface area (Å²) in [5.41, 5.74) is 8.66. The molecular formula is C12H12FN3. The van der Waals surface area contributed by atoms with Gasteiger partial charge in [0.25, 0.3) is 0 Å². The molecule has 1 aromatic heterocycles. The lowest BCUT2D eigenvalue weighted by atomic mass is 10.2. The normalized spacial score (nSPS) is 10.1. The van der Waals surface area contributed by atoms with Crippen molar-refractivity contribution in [1.82, 2.24) is 4.98 Å². The smallest absolute Gasteiger partial charge is 0.123 e. The summed E-state index contributed by atoms with van der Waals surface area (Å²) in [5, 5.41) is 3.13. The van der Waals surface area contributed by atoms with E-state index in [1.54, 1.807) is 24.5 Å². The molecule has 0 radical (unpaired) electrons. The second-order valence-electron chi connectivity index (χ2n) is 3.59. The van der Waals surface area contributed by atoms with Crippen LogP contribution in [0.1, 0.15) is 5.56 Å². The van der Waals surface area contributed by atoms with E-state index in [4.69, 9.17) is 5.73 Å². The van der Waals surface area contributed by atoms with Crippen molar-refractivity contribution >= 4 is 17.1 Å². The molecule has 3 nitrogen and oxygen atoms in total. The maximum Gasteiger partial charge on any atom is 0.123 e. The fraction of sp³-hybridized carbons (Fsp3) is 0.0833. The number of benzene rings is 1. The number of halogens is 1. The molecule has 0 unspecified atom stereocenters. The Morgan fingerprint density at radius 2 is 2.06 bits per heavy atom. The van der Waals surface area contributed by atoms with Crippen molar-refractivity contribution in [2.75, 3.05) is 11.1 Å². The molecule has 82 valence electrons. The van der Waals surface area contributed by atoms with Gasteiger partial charge in [-0.1, -0.05) is 0 Å². The van der Waals surface area contributed by atoms with E-state index in [1.807, 2.05) is 6.92 Å². The Morgan fingerprint density at radius 1 is 1.25 bits per heavy atom. The standard InChI is InChI=1S/C12H12FN3/c1-8-4-9(13)2-3-12(8)16-11-5-10(14)6-15-7-11/h2-7,16H,14H2,1H3. The zero-order valence-electron chi connectivity index (χ0n) is 8.87. The summed E-state index contributed by atoms with van der Waals surface area (Å²) >= 11 is 0. The summed E-state index contributed by atoms with van der Waals surface area (Å²) in [6.45, 7) is 1.84. The molecule has 0 aliphatic rings. The molecule has 16 heavy (non-hydrogen) atoms. The van der Waals surface area contributed by atoms with Crippen LogP contribution in [0, 0.1) is 12.7 Å². The lowest BCUT2D eigenvalue weighted by Crippen LogP contribution is -1.95. The van der Waals surface area contributed by atoms with Gasteiger partial charge in [-0.3, -0.25) is 4.98 Å². The van der Waals surface area contributed by atoms with Crippen LogP contribution in [-0.4, -0.2) is 4.98 Å². The monoisotopic (exact) mass is 217 g/mol. The zero-order chi connectivity index (χ0) is 11.5. The van der Waals surface area contributed by atoms with E-state index < -0.39 is 0 Å². The molecule has 0 fully saturated rings. The number of nitrogens with one attached hydrogen (secondary N) is 1. The first-order valence-corrected chi connectivity index (χ1v) is 4.89. The van der Waals surface area contributed by atoms with Crippen LogP contribution in [0.25, 0.3) is 0 Å². The van der Waals surface area contributed by atoms with Gasteiger partial charge in [0.2, 0.25) is 0 Å². The molecule has 0 spiro atoms. The van der Waals surface area contributed by atoms with Gasteiger partial charge in [0, 0.05) is 11.9 Å². The van der Waals surface area contributed by atoms with Crippen LogP contribution in [0.4, 0.5) is 21.5 Å². The molecule has 0 aliphatic heterocycles. The highest BCUT2D eigenvalue weighted by Crippen LogP contribution is 2.21. The summed E-state index contributed by atoms with van der Waals surface area (Å²) in [7, 11) is 0. The second kappa shape index (κ2) is 4.18. The summed E-state index contributed by atoms with van der Waals surface area (Å²) in [5.74, 6) is -0.242. The summed E-state index contributed by atoms with van der Waals surface area (Å²) in [6.07, 6.45) is 3.24. The predicted molar refractivity (Wildman–Crippen MR) is 63.1 cm³/mol. The minimum atomic E-state index is -0.242. The Balaban J connectivity index is 2.27.